The average Bonchev–Trinajstić information content (AvgIpc) is 2.68. The van der Waals surface area contributed by atoms with E-state index < -0.39 is 6.09 Å². The van der Waals surface area contributed by atoms with Crippen molar-refractivity contribution in [2.45, 2.75) is 26.4 Å². The number of anilines is 1. The van der Waals surface area contributed by atoms with Gasteiger partial charge in [-0.1, -0.05) is 49.4 Å². The van der Waals surface area contributed by atoms with Crippen molar-refractivity contribution < 1.29 is 14.3 Å². The zero-order valence-electron chi connectivity index (χ0n) is 15.0. The van der Waals surface area contributed by atoms with E-state index >= 15 is 0 Å². The molecule has 0 aliphatic carbocycles. The van der Waals surface area contributed by atoms with Crippen LogP contribution < -0.4 is 5.32 Å². The van der Waals surface area contributed by atoms with E-state index in [-0.39, 0.29) is 12.5 Å². The maximum atomic E-state index is 12.8. The smallest absolute Gasteiger partial charge is 0.411 e. The molecule has 2 amide bonds. The van der Waals surface area contributed by atoms with Gasteiger partial charge in [-0.15, -0.1) is 0 Å². The molecule has 0 radical (unpaired) electrons. The molecule has 0 unspecified atom stereocenters. The van der Waals surface area contributed by atoms with Gasteiger partial charge < -0.3 is 9.64 Å². The van der Waals surface area contributed by atoms with Crippen molar-refractivity contribution in [1.29, 1.82) is 0 Å². The number of piperidine rings is 1. The molecular weight excluding hydrogens is 328 g/mol. The normalized spacial score (nSPS) is 14.7. The summed E-state index contributed by atoms with van der Waals surface area (Å²) in [5, 5.41) is 2.70. The Balaban J connectivity index is 1.63. The minimum absolute atomic E-state index is 0.0455. The molecule has 2 aromatic rings. The highest BCUT2D eigenvalue weighted by atomic mass is 16.5. The van der Waals surface area contributed by atoms with Crippen molar-refractivity contribution in [3.05, 3.63) is 65.7 Å². The van der Waals surface area contributed by atoms with Crippen LogP contribution in [0, 0.1) is 5.92 Å². The molecule has 5 heteroatoms. The lowest BCUT2D eigenvalue weighted by molar-refractivity contribution is 0.0698. The van der Waals surface area contributed by atoms with Crippen molar-refractivity contribution in [3.8, 4) is 0 Å². The topological polar surface area (TPSA) is 58.6 Å². The van der Waals surface area contributed by atoms with Gasteiger partial charge >= 0.3 is 6.09 Å². The highest BCUT2D eigenvalue weighted by molar-refractivity contribution is 6.02. The van der Waals surface area contributed by atoms with Crippen LogP contribution in [0.5, 0.6) is 0 Å². The van der Waals surface area contributed by atoms with Gasteiger partial charge in [0.2, 0.25) is 0 Å². The molecule has 136 valence electrons. The van der Waals surface area contributed by atoms with E-state index in [9.17, 15) is 9.59 Å². The first kappa shape index (κ1) is 18.0. The van der Waals surface area contributed by atoms with Gasteiger partial charge in [0.05, 0.1) is 11.3 Å². The van der Waals surface area contributed by atoms with Crippen LogP contribution >= 0.6 is 0 Å². The summed E-state index contributed by atoms with van der Waals surface area (Å²) in [6, 6.07) is 16.5. The first-order chi connectivity index (χ1) is 12.6. The Bertz CT molecular complexity index is 753. The van der Waals surface area contributed by atoms with E-state index in [0.717, 1.165) is 31.5 Å². The second kappa shape index (κ2) is 8.52. The second-order valence-electron chi connectivity index (χ2n) is 6.71. The number of ether oxygens (including phenoxy) is 1. The molecule has 1 fully saturated rings. The fourth-order valence-corrected chi connectivity index (χ4v) is 3.03. The first-order valence-corrected chi connectivity index (χ1v) is 8.99. The molecule has 3 rings (SSSR count). The molecule has 1 N–H and O–H groups in total. The number of carbonyl (C=O) groups excluding carboxylic acids is 2. The Morgan fingerprint density at radius 2 is 1.69 bits per heavy atom. The van der Waals surface area contributed by atoms with Gasteiger partial charge in [-0.25, -0.2) is 4.79 Å². The molecule has 0 spiro atoms. The van der Waals surface area contributed by atoms with Crippen LogP contribution in [0.3, 0.4) is 0 Å². The van der Waals surface area contributed by atoms with E-state index in [2.05, 4.69) is 12.2 Å². The third kappa shape index (κ3) is 4.63. The summed E-state index contributed by atoms with van der Waals surface area (Å²) in [5.74, 6) is 0.608. The minimum atomic E-state index is -0.568. The van der Waals surface area contributed by atoms with Crippen LogP contribution in [0.1, 0.15) is 35.7 Å². The van der Waals surface area contributed by atoms with Crippen LogP contribution in [0.2, 0.25) is 0 Å². The highest BCUT2D eigenvalue weighted by Crippen LogP contribution is 2.22. The number of hydrogen-bond donors (Lipinski definition) is 1. The van der Waals surface area contributed by atoms with Crippen LogP contribution in [-0.4, -0.2) is 30.0 Å². The predicted molar refractivity (Wildman–Crippen MR) is 101 cm³/mol. The quantitative estimate of drug-likeness (QED) is 0.892. The Kier molecular flexibility index (Phi) is 5.89. The van der Waals surface area contributed by atoms with Crippen LogP contribution in [0.15, 0.2) is 54.6 Å². The lowest BCUT2D eigenvalue weighted by Gasteiger charge is -2.30. The van der Waals surface area contributed by atoms with Gasteiger partial charge in [0.1, 0.15) is 6.61 Å². The molecule has 0 saturated carbocycles. The van der Waals surface area contributed by atoms with Crippen molar-refractivity contribution >= 4 is 17.7 Å². The molecule has 1 heterocycles. The van der Waals surface area contributed by atoms with Gasteiger partial charge in [-0.2, -0.15) is 0 Å². The van der Waals surface area contributed by atoms with E-state index in [1.54, 1.807) is 24.3 Å². The fraction of sp³-hybridized carbons (Fsp3) is 0.333. The van der Waals surface area contributed by atoms with Gasteiger partial charge in [0.15, 0.2) is 0 Å². The average molecular weight is 352 g/mol. The molecule has 2 aromatic carbocycles. The van der Waals surface area contributed by atoms with Crippen molar-refractivity contribution in [3.63, 3.8) is 0 Å². The van der Waals surface area contributed by atoms with Crippen molar-refractivity contribution in [2.24, 2.45) is 5.92 Å². The lowest BCUT2D eigenvalue weighted by atomic mass is 9.98. The van der Waals surface area contributed by atoms with E-state index in [4.69, 9.17) is 4.74 Å². The summed E-state index contributed by atoms with van der Waals surface area (Å²) >= 11 is 0. The number of carbonyl (C=O) groups is 2. The number of likely N-dealkylation sites (tertiary alicyclic amines) is 1. The molecule has 0 atom stereocenters. The van der Waals surface area contributed by atoms with Gasteiger partial charge in [0.25, 0.3) is 5.91 Å². The van der Waals surface area contributed by atoms with Crippen molar-refractivity contribution in [1.82, 2.24) is 4.90 Å². The summed E-state index contributed by atoms with van der Waals surface area (Å²) in [6.07, 6.45) is 1.46. The summed E-state index contributed by atoms with van der Waals surface area (Å²) in [4.78, 5) is 26.8. The first-order valence-electron chi connectivity index (χ1n) is 8.99. The van der Waals surface area contributed by atoms with Crippen molar-refractivity contribution in [2.75, 3.05) is 18.4 Å². The van der Waals surface area contributed by atoms with Crippen LogP contribution in [0.4, 0.5) is 10.5 Å². The Morgan fingerprint density at radius 1 is 1.04 bits per heavy atom. The number of nitrogens with one attached hydrogen (secondary N) is 1. The predicted octanol–water partition coefficient (Wildman–Crippen LogP) is 4.31. The SMILES string of the molecule is CC1CCN(C(=O)c2ccccc2NC(=O)OCc2ccccc2)CC1. The van der Waals surface area contributed by atoms with Gasteiger partial charge in [-0.3, -0.25) is 10.1 Å². The van der Waals surface area contributed by atoms with Gasteiger partial charge in [-0.05, 0) is 36.5 Å². The zero-order valence-corrected chi connectivity index (χ0v) is 15.0. The molecule has 5 nitrogen and oxygen atoms in total. The highest BCUT2D eigenvalue weighted by Gasteiger charge is 2.23. The van der Waals surface area contributed by atoms with Gasteiger partial charge in [0, 0.05) is 13.1 Å². The third-order valence-electron chi connectivity index (χ3n) is 4.68. The number of rotatable bonds is 4. The fourth-order valence-electron chi connectivity index (χ4n) is 3.03. The monoisotopic (exact) mass is 352 g/mol. The molecule has 1 saturated heterocycles. The van der Waals surface area contributed by atoms with Crippen LogP contribution in [0.25, 0.3) is 0 Å². The summed E-state index contributed by atoms with van der Waals surface area (Å²) in [5.41, 5.74) is 1.89. The standard InChI is InChI=1S/C21H24N2O3/c1-16-11-13-23(14-12-16)20(24)18-9-5-6-10-19(18)22-21(25)26-15-17-7-3-2-4-8-17/h2-10,16H,11-15H2,1H3,(H,22,25). The molecular formula is C21H24N2O3. The second-order valence-corrected chi connectivity index (χ2v) is 6.71. The Hall–Kier alpha value is -2.82. The number of benzene rings is 2. The number of hydrogen-bond acceptors (Lipinski definition) is 3. The molecule has 26 heavy (non-hydrogen) atoms. The summed E-state index contributed by atoms with van der Waals surface area (Å²) < 4.78 is 5.25. The maximum absolute atomic E-state index is 12.8. The van der Waals surface area contributed by atoms with E-state index in [1.165, 1.54) is 0 Å². The molecule has 0 bridgehead atoms. The minimum Gasteiger partial charge on any atom is -0.444 e. The Labute approximate surface area is 154 Å². The van der Waals surface area contributed by atoms with E-state index in [1.807, 2.05) is 35.2 Å². The maximum Gasteiger partial charge on any atom is 0.411 e. The van der Waals surface area contributed by atoms with Crippen LogP contribution in [-0.2, 0) is 11.3 Å². The lowest BCUT2D eigenvalue weighted by Crippen LogP contribution is -2.38. The molecule has 1 aliphatic rings. The number of nitrogens with zero attached hydrogens (tertiary/aromatic N) is 1. The summed E-state index contributed by atoms with van der Waals surface area (Å²) in [7, 11) is 0. The third-order valence-corrected chi connectivity index (χ3v) is 4.68. The zero-order chi connectivity index (χ0) is 18.4. The Morgan fingerprint density at radius 3 is 2.42 bits per heavy atom. The number of para-hydroxylation sites is 1. The van der Waals surface area contributed by atoms with E-state index in [0.29, 0.717) is 17.2 Å². The molecule has 0 aromatic heterocycles. The number of amides is 2. The molecule has 1 aliphatic heterocycles. The largest absolute Gasteiger partial charge is 0.444 e. The summed E-state index contributed by atoms with van der Waals surface area (Å²) in [6.45, 7) is 3.91.